The number of imidazole rings is 1. The molecule has 4 N–H and O–H groups in total. The standard InChI is InChI=1S/C38H39N7O11.C7H14O/c1-4-51-37-41-33-15-9-14-32(36(47)56-25(3)53-23-46)34(33)43(37)20-26-16-18-27(19-17-26)30-12-7-8-13-31(30)35(39)42-44(40)24(2)55-38(48)52-21-28-10-5-6-11-29(28)22-54-45(49)50;1-8-7-5-3-2-4-6-7/h5-19,23-25H,4,20-22,40H2,1-3H3,(H2,39,42);7H,2-6H2,1H3. The first kappa shape index (κ1) is 47.8. The van der Waals surface area contributed by atoms with Gasteiger partial charge in [0, 0.05) is 19.6 Å². The van der Waals surface area contributed by atoms with E-state index in [0.29, 0.717) is 46.4 Å². The second kappa shape index (κ2) is 23.8. The first-order valence-electron chi connectivity index (χ1n) is 20.6. The minimum atomic E-state index is -1.10. The van der Waals surface area contributed by atoms with Crippen molar-refractivity contribution in [3.63, 3.8) is 0 Å². The van der Waals surface area contributed by atoms with Gasteiger partial charge in [0.15, 0.2) is 5.84 Å². The van der Waals surface area contributed by atoms with Gasteiger partial charge >= 0.3 is 12.1 Å². The number of ether oxygens (including phenoxy) is 6. The number of hydrogen-bond acceptors (Lipinski definition) is 16. The summed E-state index contributed by atoms with van der Waals surface area (Å²) >= 11 is 0. The third-order valence-electron chi connectivity index (χ3n) is 10.1. The molecule has 1 saturated carbocycles. The maximum atomic E-state index is 13.1. The van der Waals surface area contributed by atoms with Gasteiger partial charge < -0.3 is 39.0 Å². The summed E-state index contributed by atoms with van der Waals surface area (Å²) < 4.78 is 33.3. The minimum Gasteiger partial charge on any atom is -0.465 e. The number of nitrogens with two attached hydrogens (primary N) is 2. The van der Waals surface area contributed by atoms with Crippen LogP contribution in [0.5, 0.6) is 6.01 Å². The molecule has 0 amide bonds. The zero-order valence-corrected chi connectivity index (χ0v) is 36.1. The van der Waals surface area contributed by atoms with Gasteiger partial charge in [0.2, 0.25) is 12.5 Å². The quantitative estimate of drug-likeness (QED) is 0.0124. The van der Waals surface area contributed by atoms with Gasteiger partial charge in [-0.15, -0.1) is 15.2 Å². The lowest BCUT2D eigenvalue weighted by atomic mass is 9.98. The first-order chi connectivity index (χ1) is 30.9. The van der Waals surface area contributed by atoms with Crippen LogP contribution in [0.1, 0.15) is 85.5 Å². The number of hydrazine groups is 1. The highest BCUT2D eigenvalue weighted by atomic mass is 16.9. The second-order valence-electron chi connectivity index (χ2n) is 14.4. The van der Waals surface area contributed by atoms with E-state index in [1.807, 2.05) is 50.4 Å². The van der Waals surface area contributed by atoms with Gasteiger partial charge in [-0.25, -0.2) is 15.4 Å². The van der Waals surface area contributed by atoms with Crippen molar-refractivity contribution in [3.05, 3.63) is 129 Å². The largest absolute Gasteiger partial charge is 0.510 e. The SMILES string of the molecule is CCOc1nc2cccc(C(=O)OC(C)OC=O)c2n1Cc1ccc(-c2ccccc2/C(N)=N/N(N)C(C)OC(=O)OCc2ccccc2CO[N+](=O)[O-])cc1.COC1CCCCC1. The highest BCUT2D eigenvalue weighted by Gasteiger charge is 2.23. The lowest BCUT2D eigenvalue weighted by Gasteiger charge is -2.21. The molecule has 1 aliphatic rings. The molecule has 1 heterocycles. The fourth-order valence-corrected chi connectivity index (χ4v) is 6.85. The van der Waals surface area contributed by atoms with E-state index in [1.165, 1.54) is 46.0 Å². The zero-order chi connectivity index (χ0) is 46.0. The van der Waals surface area contributed by atoms with Gasteiger partial charge in [-0.2, -0.15) is 10.1 Å². The van der Waals surface area contributed by atoms with E-state index >= 15 is 0 Å². The molecule has 19 nitrogen and oxygen atoms in total. The predicted molar refractivity (Wildman–Crippen MR) is 233 cm³/mol. The van der Waals surface area contributed by atoms with E-state index in [0.717, 1.165) is 21.8 Å². The van der Waals surface area contributed by atoms with Crippen molar-refractivity contribution in [3.8, 4) is 17.1 Å². The number of carbonyl (C=O) groups excluding carboxylic acids is 3. The molecule has 340 valence electrons. The monoisotopic (exact) mass is 883 g/mol. The van der Waals surface area contributed by atoms with Gasteiger partial charge in [-0.1, -0.05) is 98.1 Å². The number of hydrogen-bond donors (Lipinski definition) is 2. The van der Waals surface area contributed by atoms with E-state index in [1.54, 1.807) is 59.2 Å². The molecule has 1 fully saturated rings. The predicted octanol–water partition coefficient (Wildman–Crippen LogP) is 7.00. The van der Waals surface area contributed by atoms with Crippen molar-refractivity contribution >= 4 is 35.5 Å². The molecule has 2 atom stereocenters. The molecule has 64 heavy (non-hydrogen) atoms. The highest BCUT2D eigenvalue weighted by Crippen LogP contribution is 2.29. The Morgan fingerprint density at radius 3 is 2.27 bits per heavy atom. The van der Waals surface area contributed by atoms with E-state index in [-0.39, 0.29) is 37.6 Å². The summed E-state index contributed by atoms with van der Waals surface area (Å²) in [5, 5.41) is 14.8. The summed E-state index contributed by atoms with van der Waals surface area (Å²) in [6, 6.07) is 26.8. The molecule has 0 aliphatic heterocycles. The maximum Gasteiger partial charge on any atom is 0.510 e. The molecule has 4 aromatic carbocycles. The number of carbonyl (C=O) groups is 3. The van der Waals surface area contributed by atoms with Crippen LogP contribution in [-0.4, -0.2) is 76.5 Å². The number of aromatic nitrogens is 2. The van der Waals surface area contributed by atoms with Gasteiger partial charge in [-0.3, -0.25) is 9.36 Å². The number of esters is 1. The Kier molecular flexibility index (Phi) is 17.8. The van der Waals surface area contributed by atoms with Crippen LogP contribution in [-0.2, 0) is 53.1 Å². The smallest absolute Gasteiger partial charge is 0.465 e. The van der Waals surface area contributed by atoms with Crippen LogP contribution in [0.3, 0.4) is 0 Å². The lowest BCUT2D eigenvalue weighted by Crippen LogP contribution is -2.40. The van der Waals surface area contributed by atoms with Crippen molar-refractivity contribution in [1.82, 2.24) is 14.7 Å². The lowest BCUT2D eigenvalue weighted by molar-refractivity contribution is -0.763. The molecule has 1 aliphatic carbocycles. The molecule has 2 unspecified atom stereocenters. The third-order valence-corrected chi connectivity index (χ3v) is 10.1. The summed E-state index contributed by atoms with van der Waals surface area (Å²) in [6.45, 7) is 5.02. The number of methoxy groups -OCH3 is 1. The highest BCUT2D eigenvalue weighted by molar-refractivity contribution is 6.03. The summed E-state index contributed by atoms with van der Waals surface area (Å²) in [5.74, 6) is 5.44. The normalized spacial score (nSPS) is 13.7. The summed E-state index contributed by atoms with van der Waals surface area (Å²) in [7, 11) is 1.82. The van der Waals surface area contributed by atoms with Crippen molar-refractivity contribution in [2.45, 2.75) is 91.3 Å². The molecule has 1 aromatic heterocycles. The molecular formula is C45H53N7O12. The molecule has 0 bridgehead atoms. The van der Waals surface area contributed by atoms with Crippen LogP contribution >= 0.6 is 0 Å². The Hall–Kier alpha value is -7.25. The van der Waals surface area contributed by atoms with Crippen molar-refractivity contribution in [2.75, 3.05) is 13.7 Å². The van der Waals surface area contributed by atoms with Crippen LogP contribution in [0.15, 0.2) is 96.1 Å². The fourth-order valence-electron chi connectivity index (χ4n) is 6.85. The van der Waals surface area contributed by atoms with E-state index < -0.39 is 29.7 Å². The molecule has 5 aromatic rings. The van der Waals surface area contributed by atoms with Crippen LogP contribution < -0.4 is 16.3 Å². The molecule has 0 radical (unpaired) electrons. The molecular weight excluding hydrogens is 831 g/mol. The topological polar surface area (TPSA) is 244 Å². The van der Waals surface area contributed by atoms with Gasteiger partial charge in [0.1, 0.15) is 13.2 Å². The van der Waals surface area contributed by atoms with Crippen LogP contribution in [0.4, 0.5) is 4.79 Å². The first-order valence-corrected chi connectivity index (χ1v) is 20.6. The van der Waals surface area contributed by atoms with Crippen LogP contribution in [0, 0.1) is 10.1 Å². The third kappa shape index (κ3) is 13.4. The van der Waals surface area contributed by atoms with E-state index in [2.05, 4.69) is 14.9 Å². The number of fused-ring (bicyclic) bond motifs is 1. The number of rotatable bonds is 19. The number of nitrogens with zero attached hydrogens (tertiary/aromatic N) is 5. The van der Waals surface area contributed by atoms with Gasteiger partial charge in [0.25, 0.3) is 17.6 Å². The van der Waals surface area contributed by atoms with E-state index in [9.17, 15) is 24.5 Å². The Labute approximate surface area is 369 Å². The molecule has 0 spiro atoms. The molecule has 6 rings (SSSR count). The Morgan fingerprint density at radius 2 is 1.61 bits per heavy atom. The Balaban J connectivity index is 0.000000866. The average molecular weight is 884 g/mol. The van der Waals surface area contributed by atoms with Crippen LogP contribution in [0.25, 0.3) is 22.2 Å². The van der Waals surface area contributed by atoms with E-state index in [4.69, 9.17) is 40.0 Å². The Morgan fingerprint density at radius 1 is 0.938 bits per heavy atom. The minimum absolute atomic E-state index is 0.0363. The maximum absolute atomic E-state index is 13.1. The average Bonchev–Trinajstić information content (AvgIpc) is 3.65. The number of hydrazone groups is 1. The second-order valence-corrected chi connectivity index (χ2v) is 14.4. The zero-order valence-electron chi connectivity index (χ0n) is 36.1. The Bertz CT molecular complexity index is 2370. The number of para-hydroxylation sites is 1. The summed E-state index contributed by atoms with van der Waals surface area (Å²) in [4.78, 5) is 55.9. The van der Waals surface area contributed by atoms with Gasteiger partial charge in [-0.05, 0) is 66.6 Å². The molecule has 0 saturated heterocycles. The fraction of sp³-hybridized carbons (Fsp3) is 0.356. The van der Waals surface area contributed by atoms with Crippen molar-refractivity contribution in [2.24, 2.45) is 16.7 Å². The summed E-state index contributed by atoms with van der Waals surface area (Å²) in [6.07, 6.45) is 4.08. The van der Waals surface area contributed by atoms with Crippen molar-refractivity contribution < 1.29 is 52.7 Å². The number of amidine groups is 1. The van der Waals surface area contributed by atoms with Crippen molar-refractivity contribution in [1.29, 1.82) is 0 Å². The molecule has 19 heteroatoms. The van der Waals surface area contributed by atoms with Gasteiger partial charge in [0.05, 0.1) is 35.9 Å². The summed E-state index contributed by atoms with van der Waals surface area (Å²) in [5.41, 5.74) is 11.5. The number of benzene rings is 4. The van der Waals surface area contributed by atoms with Crippen LogP contribution in [0.2, 0.25) is 0 Å².